The second-order valence-electron chi connectivity index (χ2n) is 6.38. The molecule has 0 fully saturated rings. The predicted octanol–water partition coefficient (Wildman–Crippen LogP) is 5.95. The second-order valence-corrected chi connectivity index (χ2v) is 6.38. The number of carboxylic acid groups (broad SMARTS) is 1. The van der Waals surface area contributed by atoms with Crippen molar-refractivity contribution in [3.63, 3.8) is 0 Å². The third-order valence-corrected chi connectivity index (χ3v) is 4.42. The van der Waals surface area contributed by atoms with E-state index in [4.69, 9.17) is 5.11 Å². The van der Waals surface area contributed by atoms with E-state index >= 15 is 0 Å². The van der Waals surface area contributed by atoms with Gasteiger partial charge in [-0.1, -0.05) is 57.6 Å². The molecule has 136 valence electrons. The number of H-pyrrole nitrogens is 1. The molecule has 0 amide bonds. The van der Waals surface area contributed by atoms with Crippen LogP contribution in [-0.2, 0) is 6.42 Å². The van der Waals surface area contributed by atoms with Gasteiger partial charge in [0.1, 0.15) is 5.82 Å². The number of aromatic carboxylic acids is 1. The van der Waals surface area contributed by atoms with Crippen LogP contribution in [0.3, 0.4) is 0 Å². The molecule has 0 radical (unpaired) electrons. The first-order valence-corrected chi connectivity index (χ1v) is 8.93. The highest BCUT2D eigenvalue weighted by molar-refractivity contribution is 5.88. The lowest BCUT2D eigenvalue weighted by molar-refractivity contribution is 0.0686. The Morgan fingerprint density at radius 1 is 1.04 bits per heavy atom. The van der Waals surface area contributed by atoms with Gasteiger partial charge < -0.3 is 10.1 Å². The molecule has 0 spiro atoms. The molecule has 1 heterocycles. The minimum atomic E-state index is -1.40. The molecule has 0 saturated carbocycles. The van der Waals surface area contributed by atoms with Gasteiger partial charge in [0.2, 0.25) is 0 Å². The van der Waals surface area contributed by atoms with Crippen molar-refractivity contribution >= 4 is 5.97 Å². The zero-order chi connectivity index (χ0) is 18.2. The number of aryl methyl sites for hydroxylation is 1. The van der Waals surface area contributed by atoms with Gasteiger partial charge in [0.25, 0.3) is 0 Å². The van der Waals surface area contributed by atoms with E-state index in [0.717, 1.165) is 24.8 Å². The van der Waals surface area contributed by atoms with Crippen LogP contribution in [0.25, 0.3) is 11.1 Å². The van der Waals surface area contributed by atoms with Crippen molar-refractivity contribution in [3.8, 4) is 11.1 Å². The fourth-order valence-electron chi connectivity index (χ4n) is 2.98. The van der Waals surface area contributed by atoms with Crippen molar-refractivity contribution < 1.29 is 18.7 Å². The maximum Gasteiger partial charge on any atom is 0.355 e. The smallest absolute Gasteiger partial charge is 0.355 e. The van der Waals surface area contributed by atoms with Gasteiger partial charge in [-0.25, -0.2) is 13.6 Å². The normalized spacial score (nSPS) is 11.0. The number of nitrogens with one attached hydrogen (secondary N) is 1. The number of hydrogen-bond acceptors (Lipinski definition) is 1. The van der Waals surface area contributed by atoms with E-state index in [0.29, 0.717) is 0 Å². The number of aromatic nitrogens is 1. The lowest BCUT2D eigenvalue weighted by Gasteiger charge is -2.06. The van der Waals surface area contributed by atoms with Gasteiger partial charge in [-0.3, -0.25) is 0 Å². The Bertz CT molecular complexity index is 710. The number of carbonyl (C=O) groups is 1. The number of unbranched alkanes of at least 4 members (excludes halogenated alkanes) is 6. The molecule has 25 heavy (non-hydrogen) atoms. The molecule has 1 aromatic carbocycles. The van der Waals surface area contributed by atoms with Gasteiger partial charge >= 0.3 is 5.97 Å². The number of hydrogen-bond donors (Lipinski definition) is 2. The lowest BCUT2D eigenvalue weighted by Crippen LogP contribution is -1.99. The maximum absolute atomic E-state index is 14.3. The van der Waals surface area contributed by atoms with Gasteiger partial charge in [-0.05, 0) is 24.5 Å². The van der Waals surface area contributed by atoms with Crippen molar-refractivity contribution in [2.75, 3.05) is 0 Å². The average Bonchev–Trinajstić information content (AvgIpc) is 2.96. The first kappa shape index (κ1) is 19.2. The predicted molar refractivity (Wildman–Crippen MR) is 94.8 cm³/mol. The standard InChI is InChI=1S/C20H25F2NO2/c1-2-3-4-5-6-7-8-9-14-10-11-15(17(21)12-14)16-13-23-19(18(16)22)20(24)25/h10-13,23H,2-9H2,1H3,(H,24,25). The lowest BCUT2D eigenvalue weighted by atomic mass is 10.0. The summed E-state index contributed by atoms with van der Waals surface area (Å²) in [5.41, 5.74) is 0.340. The Morgan fingerprint density at radius 2 is 1.72 bits per heavy atom. The van der Waals surface area contributed by atoms with E-state index in [1.807, 2.05) is 0 Å². The zero-order valence-electron chi connectivity index (χ0n) is 14.6. The molecule has 1 aromatic heterocycles. The monoisotopic (exact) mass is 349 g/mol. The van der Waals surface area contributed by atoms with Gasteiger partial charge in [0.15, 0.2) is 11.5 Å². The van der Waals surface area contributed by atoms with Crippen molar-refractivity contribution in [2.24, 2.45) is 0 Å². The summed E-state index contributed by atoms with van der Waals surface area (Å²) in [6.07, 6.45) is 10.4. The minimum Gasteiger partial charge on any atom is -0.476 e. The number of halogens is 2. The molecule has 5 heteroatoms. The highest BCUT2D eigenvalue weighted by Gasteiger charge is 2.19. The molecule has 0 unspecified atom stereocenters. The van der Waals surface area contributed by atoms with Crippen molar-refractivity contribution in [3.05, 3.63) is 47.3 Å². The Morgan fingerprint density at radius 3 is 2.32 bits per heavy atom. The van der Waals surface area contributed by atoms with Crippen LogP contribution in [0.1, 0.15) is 67.9 Å². The highest BCUT2D eigenvalue weighted by atomic mass is 19.1. The molecule has 0 aliphatic heterocycles. The summed E-state index contributed by atoms with van der Waals surface area (Å²) < 4.78 is 28.4. The molecule has 2 aromatic rings. The summed E-state index contributed by atoms with van der Waals surface area (Å²) >= 11 is 0. The molecule has 2 N–H and O–H groups in total. The summed E-state index contributed by atoms with van der Waals surface area (Å²) in [6.45, 7) is 2.19. The minimum absolute atomic E-state index is 0.0580. The Labute approximate surface area is 147 Å². The van der Waals surface area contributed by atoms with Crippen LogP contribution in [0, 0.1) is 11.6 Å². The van der Waals surface area contributed by atoms with E-state index in [2.05, 4.69) is 11.9 Å². The van der Waals surface area contributed by atoms with E-state index < -0.39 is 23.3 Å². The Balaban J connectivity index is 1.93. The van der Waals surface area contributed by atoms with E-state index in [9.17, 15) is 13.6 Å². The first-order chi connectivity index (χ1) is 12.0. The molecular formula is C20H25F2NO2. The van der Waals surface area contributed by atoms with Crippen molar-refractivity contribution in [1.82, 2.24) is 4.98 Å². The quantitative estimate of drug-likeness (QED) is 0.521. The molecule has 0 saturated heterocycles. The largest absolute Gasteiger partial charge is 0.476 e. The van der Waals surface area contributed by atoms with Crippen LogP contribution < -0.4 is 0 Å². The van der Waals surface area contributed by atoms with Crippen LogP contribution >= 0.6 is 0 Å². The van der Waals surface area contributed by atoms with Crippen LogP contribution in [0.2, 0.25) is 0 Å². The van der Waals surface area contributed by atoms with Crippen LogP contribution in [0.15, 0.2) is 24.4 Å². The zero-order valence-corrected chi connectivity index (χ0v) is 14.6. The number of rotatable bonds is 10. The average molecular weight is 349 g/mol. The van der Waals surface area contributed by atoms with Crippen molar-refractivity contribution in [1.29, 1.82) is 0 Å². The van der Waals surface area contributed by atoms with Gasteiger partial charge in [-0.2, -0.15) is 0 Å². The molecule has 0 aliphatic carbocycles. The molecule has 3 nitrogen and oxygen atoms in total. The SMILES string of the molecule is CCCCCCCCCc1ccc(-c2c[nH]c(C(=O)O)c2F)c(F)c1. The Hall–Kier alpha value is -2.17. The number of carboxylic acids is 1. The summed E-state index contributed by atoms with van der Waals surface area (Å²) in [6, 6.07) is 4.71. The van der Waals surface area contributed by atoms with E-state index in [1.54, 1.807) is 6.07 Å². The van der Waals surface area contributed by atoms with E-state index in [-0.39, 0.29) is 11.1 Å². The fourth-order valence-corrected chi connectivity index (χ4v) is 2.98. The molecule has 0 bridgehead atoms. The molecule has 2 rings (SSSR count). The fraction of sp³-hybridized carbons (Fsp3) is 0.450. The van der Waals surface area contributed by atoms with Gasteiger partial charge in [-0.15, -0.1) is 0 Å². The summed E-state index contributed by atoms with van der Waals surface area (Å²) in [7, 11) is 0. The summed E-state index contributed by atoms with van der Waals surface area (Å²) in [4.78, 5) is 13.2. The number of aromatic amines is 1. The highest BCUT2D eigenvalue weighted by Crippen LogP contribution is 2.28. The number of benzene rings is 1. The third-order valence-electron chi connectivity index (χ3n) is 4.42. The van der Waals surface area contributed by atoms with E-state index in [1.165, 1.54) is 50.4 Å². The molecular weight excluding hydrogens is 324 g/mol. The summed E-state index contributed by atoms with van der Waals surface area (Å²) in [5, 5.41) is 8.86. The van der Waals surface area contributed by atoms with Crippen LogP contribution in [0.5, 0.6) is 0 Å². The summed E-state index contributed by atoms with van der Waals surface area (Å²) in [5.74, 6) is -2.87. The first-order valence-electron chi connectivity index (χ1n) is 8.93. The Kier molecular flexibility index (Phi) is 7.16. The van der Waals surface area contributed by atoms with Gasteiger partial charge in [0, 0.05) is 17.3 Å². The molecule has 0 atom stereocenters. The van der Waals surface area contributed by atoms with Crippen LogP contribution in [0.4, 0.5) is 8.78 Å². The van der Waals surface area contributed by atoms with Crippen LogP contribution in [-0.4, -0.2) is 16.1 Å². The molecule has 0 aliphatic rings. The maximum atomic E-state index is 14.3. The van der Waals surface area contributed by atoms with Gasteiger partial charge in [0.05, 0.1) is 0 Å². The topological polar surface area (TPSA) is 53.1 Å². The third kappa shape index (κ3) is 5.15. The van der Waals surface area contributed by atoms with Crippen molar-refractivity contribution in [2.45, 2.75) is 58.3 Å². The second kappa shape index (κ2) is 9.35.